The summed E-state index contributed by atoms with van der Waals surface area (Å²) in [5, 5.41) is 0. The molecule has 6 heteroatoms. The topological polar surface area (TPSA) is 40.6 Å². The Morgan fingerprint density at radius 2 is 1.60 bits per heavy atom. The molecule has 4 nitrogen and oxygen atoms in total. The molecule has 0 aliphatic carbocycles. The molecule has 1 aliphatic rings. The molecule has 0 radical (unpaired) electrons. The van der Waals surface area contributed by atoms with E-state index in [1.165, 1.54) is 5.56 Å². The van der Waals surface area contributed by atoms with Gasteiger partial charge in [-0.2, -0.15) is 4.31 Å². The molecule has 3 rings (SSSR count). The molecule has 2 aromatic rings. The third kappa shape index (κ3) is 4.31. The van der Waals surface area contributed by atoms with E-state index < -0.39 is 10.0 Å². The van der Waals surface area contributed by atoms with Crippen LogP contribution in [0.4, 0.5) is 0 Å². The summed E-state index contributed by atoms with van der Waals surface area (Å²) < 4.78 is 28.5. The quantitative estimate of drug-likeness (QED) is 0.755. The number of nitrogens with zero attached hydrogens (tertiary/aromatic N) is 2. The van der Waals surface area contributed by atoms with Crippen LogP contribution in [0.5, 0.6) is 0 Å². The van der Waals surface area contributed by atoms with Gasteiger partial charge in [-0.3, -0.25) is 4.90 Å². The molecular weight excluding hydrogens is 400 g/mol. The number of rotatable bonds is 4. The van der Waals surface area contributed by atoms with Crippen molar-refractivity contribution in [3.05, 3.63) is 63.6 Å². The van der Waals surface area contributed by atoms with Crippen molar-refractivity contribution in [2.45, 2.75) is 25.3 Å². The third-order valence-electron chi connectivity index (χ3n) is 4.60. The van der Waals surface area contributed by atoms with Crippen molar-refractivity contribution in [2.24, 2.45) is 0 Å². The van der Waals surface area contributed by atoms with Gasteiger partial charge < -0.3 is 0 Å². The van der Waals surface area contributed by atoms with Crippen LogP contribution in [0, 0.1) is 13.8 Å². The normalized spacial score (nSPS) is 16.9. The van der Waals surface area contributed by atoms with Gasteiger partial charge in [-0.1, -0.05) is 45.8 Å². The predicted molar refractivity (Wildman–Crippen MR) is 104 cm³/mol. The number of sulfonamides is 1. The van der Waals surface area contributed by atoms with E-state index in [1.807, 2.05) is 38.1 Å². The Morgan fingerprint density at radius 1 is 0.960 bits per heavy atom. The molecule has 25 heavy (non-hydrogen) atoms. The molecule has 0 amide bonds. The smallest absolute Gasteiger partial charge is 0.243 e. The Kier molecular flexibility index (Phi) is 5.63. The lowest BCUT2D eigenvalue weighted by molar-refractivity contribution is 0.181. The second-order valence-corrected chi connectivity index (χ2v) is 9.40. The molecule has 1 aliphatic heterocycles. The lowest BCUT2D eigenvalue weighted by Gasteiger charge is -2.34. The summed E-state index contributed by atoms with van der Waals surface area (Å²) in [6.45, 7) is 7.26. The maximum atomic E-state index is 12.9. The number of halogens is 1. The number of hydrogen-bond acceptors (Lipinski definition) is 3. The largest absolute Gasteiger partial charge is 0.296 e. The maximum Gasteiger partial charge on any atom is 0.243 e. The van der Waals surface area contributed by atoms with E-state index in [-0.39, 0.29) is 0 Å². The van der Waals surface area contributed by atoms with Crippen molar-refractivity contribution >= 4 is 26.0 Å². The van der Waals surface area contributed by atoms with Crippen LogP contribution in [0.2, 0.25) is 0 Å². The van der Waals surface area contributed by atoms with Gasteiger partial charge in [0.1, 0.15) is 0 Å². The van der Waals surface area contributed by atoms with Crippen LogP contribution in [0.25, 0.3) is 0 Å². The van der Waals surface area contributed by atoms with Crippen molar-refractivity contribution in [3.63, 3.8) is 0 Å². The van der Waals surface area contributed by atoms with Crippen LogP contribution in [-0.4, -0.2) is 43.8 Å². The first-order valence-electron chi connectivity index (χ1n) is 8.40. The fourth-order valence-electron chi connectivity index (χ4n) is 3.20. The molecule has 0 bridgehead atoms. The van der Waals surface area contributed by atoms with Crippen LogP contribution in [-0.2, 0) is 16.6 Å². The summed E-state index contributed by atoms with van der Waals surface area (Å²) in [7, 11) is -3.41. The van der Waals surface area contributed by atoms with Gasteiger partial charge in [0, 0.05) is 37.2 Å². The first-order valence-corrected chi connectivity index (χ1v) is 10.6. The Bertz CT molecular complexity index is 842. The van der Waals surface area contributed by atoms with E-state index in [0.29, 0.717) is 18.0 Å². The van der Waals surface area contributed by atoms with Crippen molar-refractivity contribution < 1.29 is 8.42 Å². The average Bonchev–Trinajstić information content (AvgIpc) is 2.57. The van der Waals surface area contributed by atoms with E-state index >= 15 is 0 Å². The molecule has 2 aromatic carbocycles. The second-order valence-electron chi connectivity index (χ2n) is 6.58. The van der Waals surface area contributed by atoms with E-state index in [2.05, 4.69) is 33.0 Å². The fourth-order valence-corrected chi connectivity index (χ4v) is 5.10. The highest BCUT2D eigenvalue weighted by Gasteiger charge is 2.29. The van der Waals surface area contributed by atoms with Crippen LogP contribution >= 0.6 is 15.9 Å². The minimum atomic E-state index is -3.41. The molecular formula is C19H23BrN2O2S. The van der Waals surface area contributed by atoms with Gasteiger partial charge in [0.2, 0.25) is 10.0 Å². The summed E-state index contributed by atoms with van der Waals surface area (Å²) in [6, 6.07) is 13.8. The zero-order chi connectivity index (χ0) is 18.0. The highest BCUT2D eigenvalue weighted by atomic mass is 79.9. The van der Waals surface area contributed by atoms with Gasteiger partial charge in [0.15, 0.2) is 0 Å². The van der Waals surface area contributed by atoms with E-state index in [4.69, 9.17) is 0 Å². The van der Waals surface area contributed by atoms with Gasteiger partial charge >= 0.3 is 0 Å². The van der Waals surface area contributed by atoms with Crippen LogP contribution in [0.1, 0.15) is 16.7 Å². The lowest BCUT2D eigenvalue weighted by atomic mass is 10.2. The molecule has 0 unspecified atom stereocenters. The SMILES string of the molecule is Cc1ccc(S(=O)(=O)N2CCN(Cc3ccc(Br)cc3)CC2)c(C)c1. The summed E-state index contributed by atoms with van der Waals surface area (Å²) in [5.41, 5.74) is 3.14. The standard InChI is InChI=1S/C19H23BrN2O2S/c1-15-3-8-19(16(2)13-15)25(23,24)22-11-9-21(10-12-22)14-17-4-6-18(20)7-5-17/h3-8,13H,9-12,14H2,1-2H3. The maximum absolute atomic E-state index is 12.9. The molecule has 134 valence electrons. The zero-order valence-electron chi connectivity index (χ0n) is 14.6. The van der Waals surface area contributed by atoms with Crippen molar-refractivity contribution in [2.75, 3.05) is 26.2 Å². The predicted octanol–water partition coefficient (Wildman–Crippen LogP) is 3.57. The van der Waals surface area contributed by atoms with E-state index in [1.54, 1.807) is 10.4 Å². The minimum absolute atomic E-state index is 0.430. The van der Waals surface area contributed by atoms with Crippen LogP contribution in [0.3, 0.4) is 0 Å². The zero-order valence-corrected chi connectivity index (χ0v) is 17.0. The Hall–Kier alpha value is -1.21. The fraction of sp³-hybridized carbons (Fsp3) is 0.368. The molecule has 1 fully saturated rings. The number of hydrogen-bond donors (Lipinski definition) is 0. The molecule has 1 heterocycles. The Balaban J connectivity index is 1.66. The van der Waals surface area contributed by atoms with Crippen molar-refractivity contribution in [3.8, 4) is 0 Å². The Morgan fingerprint density at radius 3 is 2.20 bits per heavy atom. The van der Waals surface area contributed by atoms with Gasteiger partial charge in [0.25, 0.3) is 0 Å². The Labute approximate surface area is 158 Å². The highest BCUT2D eigenvalue weighted by Crippen LogP contribution is 2.22. The summed E-state index contributed by atoms with van der Waals surface area (Å²) in [4.78, 5) is 2.73. The first kappa shape index (κ1) is 18.6. The van der Waals surface area contributed by atoms with Gasteiger partial charge in [-0.05, 0) is 43.2 Å². The van der Waals surface area contributed by atoms with Gasteiger partial charge in [-0.15, -0.1) is 0 Å². The molecule has 0 saturated carbocycles. The van der Waals surface area contributed by atoms with Gasteiger partial charge in [-0.25, -0.2) is 8.42 Å². The van der Waals surface area contributed by atoms with Crippen LogP contribution < -0.4 is 0 Å². The molecule has 0 spiro atoms. The lowest BCUT2D eigenvalue weighted by Crippen LogP contribution is -2.48. The molecule has 0 aromatic heterocycles. The van der Waals surface area contributed by atoms with Crippen molar-refractivity contribution in [1.82, 2.24) is 9.21 Å². The van der Waals surface area contributed by atoms with E-state index in [0.717, 1.165) is 35.2 Å². The number of benzene rings is 2. The molecule has 0 atom stereocenters. The first-order chi connectivity index (χ1) is 11.9. The minimum Gasteiger partial charge on any atom is -0.296 e. The molecule has 1 saturated heterocycles. The van der Waals surface area contributed by atoms with E-state index in [9.17, 15) is 8.42 Å². The second kappa shape index (κ2) is 7.58. The highest BCUT2D eigenvalue weighted by molar-refractivity contribution is 9.10. The summed E-state index contributed by atoms with van der Waals surface area (Å²) >= 11 is 3.45. The average molecular weight is 423 g/mol. The molecule has 0 N–H and O–H groups in total. The third-order valence-corrected chi connectivity index (χ3v) is 7.19. The van der Waals surface area contributed by atoms with Crippen molar-refractivity contribution in [1.29, 1.82) is 0 Å². The summed E-state index contributed by atoms with van der Waals surface area (Å²) in [5.74, 6) is 0. The number of piperazine rings is 1. The monoisotopic (exact) mass is 422 g/mol. The summed E-state index contributed by atoms with van der Waals surface area (Å²) in [6.07, 6.45) is 0. The van der Waals surface area contributed by atoms with Gasteiger partial charge in [0.05, 0.1) is 4.90 Å². The van der Waals surface area contributed by atoms with Crippen LogP contribution in [0.15, 0.2) is 51.8 Å². The number of aryl methyl sites for hydroxylation is 2.